The molecule has 1 atom stereocenters. The van der Waals surface area contributed by atoms with E-state index in [0.717, 1.165) is 0 Å². The van der Waals surface area contributed by atoms with Crippen LogP contribution in [0.3, 0.4) is 0 Å². The zero-order valence-corrected chi connectivity index (χ0v) is 13.9. The monoisotopic (exact) mass is 310 g/mol. The standard InChI is InChI=1S/C15H26N4O3/c1-11(2)13(21)18-5-6-19(14(22)16-3)10-15(9-18)7-12(20)17(4)8-15/h11H,5-10H2,1-4H3,(H,16,22)/t15-/m1/s1. The lowest BCUT2D eigenvalue weighted by atomic mass is 9.85. The fourth-order valence-electron chi connectivity index (χ4n) is 3.46. The van der Waals surface area contributed by atoms with Gasteiger partial charge in [-0.25, -0.2) is 4.79 Å². The molecule has 7 heteroatoms. The minimum Gasteiger partial charge on any atom is -0.345 e. The highest BCUT2D eigenvalue weighted by Gasteiger charge is 2.47. The smallest absolute Gasteiger partial charge is 0.317 e. The lowest BCUT2D eigenvalue weighted by Crippen LogP contribution is -2.47. The lowest BCUT2D eigenvalue weighted by Gasteiger charge is -2.33. The van der Waals surface area contributed by atoms with E-state index in [0.29, 0.717) is 39.1 Å². The Balaban J connectivity index is 2.26. The largest absolute Gasteiger partial charge is 0.345 e. The first-order valence-corrected chi connectivity index (χ1v) is 7.77. The Hall–Kier alpha value is -1.79. The highest BCUT2D eigenvalue weighted by molar-refractivity contribution is 5.81. The second-order valence-corrected chi connectivity index (χ2v) is 6.82. The van der Waals surface area contributed by atoms with Crippen LogP contribution in [0.1, 0.15) is 20.3 Å². The third-order valence-corrected chi connectivity index (χ3v) is 4.52. The number of hydrogen-bond donors (Lipinski definition) is 1. The summed E-state index contributed by atoms with van der Waals surface area (Å²) in [6, 6.07) is -0.153. The van der Waals surface area contributed by atoms with E-state index in [2.05, 4.69) is 5.32 Å². The molecule has 0 saturated carbocycles. The minimum atomic E-state index is -0.362. The second kappa shape index (κ2) is 6.14. The first-order chi connectivity index (χ1) is 10.3. The lowest BCUT2D eigenvalue weighted by molar-refractivity contribution is -0.135. The Morgan fingerprint density at radius 2 is 1.73 bits per heavy atom. The SMILES string of the molecule is CNC(=O)N1CCN(C(=O)C(C)C)C[C@]2(CC(=O)N(C)C2)C1. The molecule has 2 aliphatic rings. The van der Waals surface area contributed by atoms with Gasteiger partial charge in [0.1, 0.15) is 0 Å². The Labute approximate surface area is 131 Å². The Kier molecular flexibility index (Phi) is 4.63. The van der Waals surface area contributed by atoms with Crippen molar-refractivity contribution in [3.05, 3.63) is 0 Å². The molecule has 0 aromatic rings. The summed E-state index contributed by atoms with van der Waals surface area (Å²) in [4.78, 5) is 41.7. The quantitative estimate of drug-likeness (QED) is 0.739. The number of likely N-dealkylation sites (tertiary alicyclic amines) is 1. The maximum atomic E-state index is 12.4. The van der Waals surface area contributed by atoms with Crippen molar-refractivity contribution in [2.45, 2.75) is 20.3 Å². The summed E-state index contributed by atoms with van der Waals surface area (Å²) < 4.78 is 0. The highest BCUT2D eigenvalue weighted by Crippen LogP contribution is 2.34. The zero-order chi connectivity index (χ0) is 16.5. The number of amides is 4. The molecule has 2 aliphatic heterocycles. The van der Waals surface area contributed by atoms with Gasteiger partial charge in [0.15, 0.2) is 0 Å². The molecular weight excluding hydrogens is 284 g/mol. The van der Waals surface area contributed by atoms with Crippen LogP contribution in [-0.2, 0) is 9.59 Å². The molecule has 0 bridgehead atoms. The molecule has 2 rings (SSSR count). The van der Waals surface area contributed by atoms with Crippen LogP contribution >= 0.6 is 0 Å². The molecule has 0 unspecified atom stereocenters. The highest BCUT2D eigenvalue weighted by atomic mass is 16.2. The number of nitrogens with one attached hydrogen (secondary N) is 1. The number of urea groups is 1. The Morgan fingerprint density at radius 3 is 2.23 bits per heavy atom. The van der Waals surface area contributed by atoms with Gasteiger partial charge in [-0.05, 0) is 0 Å². The van der Waals surface area contributed by atoms with Gasteiger partial charge < -0.3 is 20.0 Å². The predicted molar refractivity (Wildman–Crippen MR) is 82.1 cm³/mol. The van der Waals surface area contributed by atoms with Crippen molar-refractivity contribution in [3.63, 3.8) is 0 Å². The van der Waals surface area contributed by atoms with E-state index in [4.69, 9.17) is 0 Å². The van der Waals surface area contributed by atoms with E-state index in [1.165, 1.54) is 0 Å². The van der Waals surface area contributed by atoms with Crippen molar-refractivity contribution in [2.24, 2.45) is 11.3 Å². The van der Waals surface area contributed by atoms with E-state index < -0.39 is 0 Å². The van der Waals surface area contributed by atoms with Crippen LogP contribution in [-0.4, -0.2) is 79.4 Å². The zero-order valence-electron chi connectivity index (χ0n) is 13.9. The first kappa shape index (κ1) is 16.6. The van der Waals surface area contributed by atoms with Crippen molar-refractivity contribution in [1.29, 1.82) is 0 Å². The number of nitrogens with zero attached hydrogens (tertiary/aromatic N) is 3. The summed E-state index contributed by atoms with van der Waals surface area (Å²) in [6.07, 6.45) is 0.388. The Bertz CT molecular complexity index is 479. The maximum absolute atomic E-state index is 12.4. The molecule has 0 aromatic carbocycles. The topological polar surface area (TPSA) is 73.0 Å². The molecule has 0 aromatic heterocycles. The fourth-order valence-corrected chi connectivity index (χ4v) is 3.46. The maximum Gasteiger partial charge on any atom is 0.317 e. The van der Waals surface area contributed by atoms with E-state index in [1.54, 1.807) is 23.9 Å². The van der Waals surface area contributed by atoms with E-state index >= 15 is 0 Å². The van der Waals surface area contributed by atoms with Crippen molar-refractivity contribution in [3.8, 4) is 0 Å². The summed E-state index contributed by atoms with van der Waals surface area (Å²) >= 11 is 0. The van der Waals surface area contributed by atoms with Gasteiger partial charge in [-0.1, -0.05) is 13.8 Å². The van der Waals surface area contributed by atoms with Gasteiger partial charge >= 0.3 is 6.03 Å². The van der Waals surface area contributed by atoms with Gasteiger partial charge in [-0.2, -0.15) is 0 Å². The molecule has 2 heterocycles. The number of rotatable bonds is 1. The van der Waals surface area contributed by atoms with Crippen LogP contribution in [0.2, 0.25) is 0 Å². The van der Waals surface area contributed by atoms with Crippen LogP contribution in [0.5, 0.6) is 0 Å². The minimum absolute atomic E-state index is 0.0794. The number of carbonyl (C=O) groups excluding carboxylic acids is 3. The third kappa shape index (κ3) is 3.18. The van der Waals surface area contributed by atoms with Gasteiger partial charge in [-0.3, -0.25) is 9.59 Å². The van der Waals surface area contributed by atoms with Crippen LogP contribution < -0.4 is 5.32 Å². The van der Waals surface area contributed by atoms with E-state index in [9.17, 15) is 14.4 Å². The molecule has 1 spiro atoms. The van der Waals surface area contributed by atoms with Gasteiger partial charge in [0.2, 0.25) is 11.8 Å². The molecule has 2 saturated heterocycles. The van der Waals surface area contributed by atoms with E-state index in [1.807, 2.05) is 18.7 Å². The van der Waals surface area contributed by atoms with Gasteiger partial charge in [-0.15, -0.1) is 0 Å². The normalized spacial score (nSPS) is 25.9. The Morgan fingerprint density at radius 1 is 1.14 bits per heavy atom. The van der Waals surface area contributed by atoms with Crippen LogP contribution in [0, 0.1) is 11.3 Å². The summed E-state index contributed by atoms with van der Waals surface area (Å²) in [5, 5.41) is 2.64. The molecule has 2 fully saturated rings. The van der Waals surface area contributed by atoms with Crippen molar-refractivity contribution < 1.29 is 14.4 Å². The van der Waals surface area contributed by atoms with Crippen molar-refractivity contribution in [2.75, 3.05) is 46.8 Å². The molecule has 22 heavy (non-hydrogen) atoms. The average molecular weight is 310 g/mol. The third-order valence-electron chi connectivity index (χ3n) is 4.52. The molecule has 124 valence electrons. The average Bonchev–Trinajstić information content (AvgIpc) is 2.63. The second-order valence-electron chi connectivity index (χ2n) is 6.82. The molecule has 0 radical (unpaired) electrons. The van der Waals surface area contributed by atoms with Crippen molar-refractivity contribution >= 4 is 17.8 Å². The molecule has 4 amide bonds. The van der Waals surface area contributed by atoms with Gasteiger partial charge in [0, 0.05) is 64.6 Å². The summed E-state index contributed by atoms with van der Waals surface area (Å²) in [7, 11) is 3.38. The predicted octanol–water partition coefficient (Wildman–Crippen LogP) is -0.0255. The molecule has 7 nitrogen and oxygen atoms in total. The first-order valence-electron chi connectivity index (χ1n) is 7.77. The van der Waals surface area contributed by atoms with E-state index in [-0.39, 0.29) is 29.2 Å². The number of hydrogen-bond acceptors (Lipinski definition) is 3. The molecule has 1 N–H and O–H groups in total. The summed E-state index contributed by atoms with van der Waals surface area (Å²) in [6.45, 7) is 6.39. The van der Waals surface area contributed by atoms with Crippen molar-refractivity contribution in [1.82, 2.24) is 20.0 Å². The van der Waals surface area contributed by atoms with Gasteiger partial charge in [0.05, 0.1) is 0 Å². The summed E-state index contributed by atoms with van der Waals surface area (Å²) in [5.41, 5.74) is -0.362. The molecular formula is C15H26N4O3. The fraction of sp³-hybridized carbons (Fsp3) is 0.800. The van der Waals surface area contributed by atoms with Crippen LogP contribution in [0.25, 0.3) is 0 Å². The number of carbonyl (C=O) groups is 3. The van der Waals surface area contributed by atoms with Gasteiger partial charge in [0.25, 0.3) is 0 Å². The summed E-state index contributed by atoms with van der Waals surface area (Å²) in [5.74, 6) is 0.0780. The van der Waals surface area contributed by atoms with Crippen LogP contribution in [0.4, 0.5) is 4.79 Å². The molecule has 0 aliphatic carbocycles. The van der Waals surface area contributed by atoms with Crippen LogP contribution in [0.15, 0.2) is 0 Å².